The van der Waals surface area contributed by atoms with Gasteiger partial charge >= 0.3 is 0 Å². The Bertz CT molecular complexity index is 1720. The molecule has 10 nitrogen and oxygen atoms in total. The van der Waals surface area contributed by atoms with Gasteiger partial charge in [-0.25, -0.2) is 5.48 Å². The zero-order valence-electron chi connectivity index (χ0n) is 27.3. The Morgan fingerprint density at radius 3 is 2.24 bits per heavy atom. The fourth-order valence-electron chi connectivity index (χ4n) is 5.53. The number of aliphatic hydroxyl groups is 1. The Balaban J connectivity index is 1.28. The average molecular weight is 684 g/mol. The summed E-state index contributed by atoms with van der Waals surface area (Å²) in [7, 11) is 0. The molecule has 0 aromatic heterocycles. The number of hydrogen-bond acceptors (Lipinski definition) is 8. The highest BCUT2D eigenvalue weighted by atomic mass is 32.2. The standard InChI is InChI=1S/C38H41N3O7S/c1-25(43)40-32-15-17-34(18-16-32)49-24-33-21-35(28-13-11-26(23-42)12-14-28)48-38(47-33)31-8-3-7-30(20-31)29-6-2-5-27(19-29)22-39-36(44)9-4-10-37(45)41-46/h2-3,5-8,11-20,33,35,38,42,46H,4,9-10,21-24H2,1H3,(H,39,44)(H,40,43)(H,41,45)/t33-,35+,38+/m1/s1. The molecule has 5 rings (SSSR count). The van der Waals surface area contributed by atoms with Gasteiger partial charge in [-0.1, -0.05) is 60.7 Å². The van der Waals surface area contributed by atoms with Crippen LogP contribution in [0.15, 0.2) is 102 Å². The van der Waals surface area contributed by atoms with Gasteiger partial charge in [0.15, 0.2) is 6.29 Å². The summed E-state index contributed by atoms with van der Waals surface area (Å²) in [6.07, 6.45) is 0.330. The zero-order valence-corrected chi connectivity index (χ0v) is 28.1. The molecule has 1 aliphatic heterocycles. The van der Waals surface area contributed by atoms with Gasteiger partial charge in [-0.15, -0.1) is 11.8 Å². The summed E-state index contributed by atoms with van der Waals surface area (Å²) in [6, 6.07) is 31.6. The number of aliphatic hydroxyl groups excluding tert-OH is 1. The molecular weight excluding hydrogens is 642 g/mol. The van der Waals surface area contributed by atoms with Crippen LogP contribution in [0.2, 0.25) is 0 Å². The SMILES string of the molecule is CC(=O)Nc1ccc(SC[C@H]2C[C@@H](c3ccc(CO)cc3)O[C@@H](c3cccc(-c4cccc(CNC(=O)CCCC(=O)NO)c4)c3)O2)cc1. The van der Waals surface area contributed by atoms with Crippen LogP contribution in [0.4, 0.5) is 5.69 Å². The van der Waals surface area contributed by atoms with Crippen molar-refractivity contribution >= 4 is 35.2 Å². The maximum absolute atomic E-state index is 12.3. The molecule has 11 heteroatoms. The molecule has 0 unspecified atom stereocenters. The van der Waals surface area contributed by atoms with Crippen molar-refractivity contribution in [3.8, 4) is 11.1 Å². The van der Waals surface area contributed by atoms with Gasteiger partial charge in [0.2, 0.25) is 17.7 Å². The molecular formula is C38H41N3O7S. The minimum Gasteiger partial charge on any atom is -0.392 e. The molecule has 0 bridgehead atoms. The highest BCUT2D eigenvalue weighted by Crippen LogP contribution is 2.40. The number of nitrogens with one attached hydrogen (secondary N) is 3. The number of carbonyl (C=O) groups is 3. The Kier molecular flexibility index (Phi) is 13.0. The van der Waals surface area contributed by atoms with Gasteiger partial charge < -0.3 is 25.2 Å². The Morgan fingerprint density at radius 1 is 0.816 bits per heavy atom. The van der Waals surface area contributed by atoms with Gasteiger partial charge in [-0.2, -0.15) is 0 Å². The van der Waals surface area contributed by atoms with Crippen molar-refractivity contribution in [1.29, 1.82) is 0 Å². The molecule has 4 aromatic rings. The van der Waals surface area contributed by atoms with E-state index in [4.69, 9.17) is 14.7 Å². The van der Waals surface area contributed by atoms with Crippen molar-refractivity contribution in [2.75, 3.05) is 11.1 Å². The summed E-state index contributed by atoms with van der Waals surface area (Å²) < 4.78 is 13.2. The van der Waals surface area contributed by atoms with E-state index in [2.05, 4.69) is 16.7 Å². The van der Waals surface area contributed by atoms with E-state index in [0.29, 0.717) is 25.1 Å². The van der Waals surface area contributed by atoms with Crippen LogP contribution in [0.3, 0.4) is 0 Å². The molecule has 3 atom stereocenters. The molecule has 3 amide bonds. The lowest BCUT2D eigenvalue weighted by molar-refractivity contribution is -0.245. The monoisotopic (exact) mass is 683 g/mol. The van der Waals surface area contributed by atoms with Crippen LogP contribution in [0.1, 0.15) is 67.3 Å². The topological polar surface area (TPSA) is 146 Å². The quantitative estimate of drug-likeness (QED) is 0.0581. The van der Waals surface area contributed by atoms with Crippen molar-refractivity contribution in [2.45, 2.75) is 69.2 Å². The van der Waals surface area contributed by atoms with E-state index in [9.17, 15) is 19.5 Å². The lowest BCUT2D eigenvalue weighted by atomic mass is 9.99. The van der Waals surface area contributed by atoms with Crippen molar-refractivity contribution in [3.05, 3.63) is 119 Å². The molecule has 5 N–H and O–H groups in total. The number of carbonyl (C=O) groups excluding carboxylic acids is 3. The van der Waals surface area contributed by atoms with E-state index in [1.165, 1.54) is 6.92 Å². The lowest BCUT2D eigenvalue weighted by Crippen LogP contribution is -2.31. The molecule has 1 fully saturated rings. The van der Waals surface area contributed by atoms with E-state index < -0.39 is 12.2 Å². The van der Waals surface area contributed by atoms with Gasteiger partial charge in [0.25, 0.3) is 0 Å². The number of hydrogen-bond donors (Lipinski definition) is 5. The summed E-state index contributed by atoms with van der Waals surface area (Å²) in [5.74, 6) is -0.0896. The van der Waals surface area contributed by atoms with Gasteiger partial charge in [-0.3, -0.25) is 19.6 Å². The Labute approximate surface area is 290 Å². The highest BCUT2D eigenvalue weighted by molar-refractivity contribution is 7.99. The van der Waals surface area contributed by atoms with Crippen LogP contribution in [-0.4, -0.2) is 39.9 Å². The number of ether oxygens (including phenoxy) is 2. The highest BCUT2D eigenvalue weighted by Gasteiger charge is 2.32. The number of thioether (sulfide) groups is 1. The normalized spacial score (nSPS) is 17.2. The van der Waals surface area contributed by atoms with E-state index >= 15 is 0 Å². The van der Waals surface area contributed by atoms with Crippen molar-refractivity contribution < 1.29 is 34.2 Å². The first kappa shape index (κ1) is 35.8. The zero-order chi connectivity index (χ0) is 34.6. The first-order valence-electron chi connectivity index (χ1n) is 16.2. The first-order chi connectivity index (χ1) is 23.8. The van der Waals surface area contributed by atoms with E-state index in [1.807, 2.05) is 91.0 Å². The summed E-state index contributed by atoms with van der Waals surface area (Å²) in [4.78, 5) is 35.9. The molecule has 1 heterocycles. The predicted molar refractivity (Wildman–Crippen MR) is 187 cm³/mol. The third-order valence-electron chi connectivity index (χ3n) is 8.07. The van der Waals surface area contributed by atoms with Crippen LogP contribution in [0, 0.1) is 0 Å². The molecule has 1 saturated heterocycles. The molecule has 0 radical (unpaired) electrons. The van der Waals surface area contributed by atoms with E-state index in [0.717, 1.165) is 44.0 Å². The van der Waals surface area contributed by atoms with Gasteiger partial charge in [0, 0.05) is 54.6 Å². The average Bonchev–Trinajstić information content (AvgIpc) is 3.13. The minimum absolute atomic E-state index is 0.0244. The van der Waals surface area contributed by atoms with Crippen molar-refractivity contribution in [1.82, 2.24) is 10.8 Å². The van der Waals surface area contributed by atoms with Crippen LogP contribution in [0.25, 0.3) is 11.1 Å². The third-order valence-corrected chi connectivity index (χ3v) is 9.21. The smallest absolute Gasteiger partial charge is 0.243 e. The summed E-state index contributed by atoms with van der Waals surface area (Å²) in [6.45, 7) is 1.81. The second kappa shape index (κ2) is 17.8. The van der Waals surface area contributed by atoms with Gasteiger partial charge in [-0.05, 0) is 70.6 Å². The minimum atomic E-state index is -0.612. The fourth-order valence-corrected chi connectivity index (χ4v) is 6.45. The third kappa shape index (κ3) is 10.7. The first-order valence-corrected chi connectivity index (χ1v) is 17.2. The maximum Gasteiger partial charge on any atom is 0.243 e. The predicted octanol–water partition coefficient (Wildman–Crippen LogP) is 6.43. The Hall–Kier alpha value is -4.52. The molecule has 1 aliphatic rings. The maximum atomic E-state index is 12.3. The Morgan fingerprint density at radius 2 is 1.53 bits per heavy atom. The van der Waals surface area contributed by atoms with E-state index in [-0.39, 0.29) is 43.5 Å². The second-order valence-electron chi connectivity index (χ2n) is 11.9. The molecule has 0 spiro atoms. The van der Waals surface area contributed by atoms with Crippen LogP contribution >= 0.6 is 11.8 Å². The van der Waals surface area contributed by atoms with Crippen LogP contribution < -0.4 is 16.1 Å². The fraction of sp³-hybridized carbons (Fsp3) is 0.289. The van der Waals surface area contributed by atoms with E-state index in [1.54, 1.807) is 17.2 Å². The molecule has 0 aliphatic carbocycles. The molecule has 0 saturated carbocycles. The molecule has 256 valence electrons. The number of anilines is 1. The van der Waals surface area contributed by atoms with Crippen LogP contribution in [-0.2, 0) is 37.0 Å². The number of rotatable bonds is 14. The van der Waals surface area contributed by atoms with Crippen LogP contribution in [0.5, 0.6) is 0 Å². The number of amides is 3. The second-order valence-corrected chi connectivity index (χ2v) is 13.0. The summed E-state index contributed by atoms with van der Waals surface area (Å²) in [5.41, 5.74) is 7.96. The van der Waals surface area contributed by atoms with Crippen molar-refractivity contribution in [3.63, 3.8) is 0 Å². The molecule has 4 aromatic carbocycles. The van der Waals surface area contributed by atoms with Gasteiger partial charge in [0.05, 0.1) is 18.8 Å². The van der Waals surface area contributed by atoms with Crippen molar-refractivity contribution in [2.24, 2.45) is 0 Å². The number of benzene rings is 4. The lowest BCUT2D eigenvalue weighted by Gasteiger charge is -2.36. The largest absolute Gasteiger partial charge is 0.392 e. The summed E-state index contributed by atoms with van der Waals surface area (Å²) >= 11 is 1.69. The number of hydroxylamine groups is 1. The van der Waals surface area contributed by atoms with Gasteiger partial charge in [0.1, 0.15) is 0 Å². The summed E-state index contributed by atoms with van der Waals surface area (Å²) in [5, 5.41) is 23.8. The molecule has 49 heavy (non-hydrogen) atoms.